The molecule has 0 unspecified atom stereocenters. The number of benzene rings is 2. The third-order valence-electron chi connectivity index (χ3n) is 5.33. The average Bonchev–Trinajstić information content (AvgIpc) is 2.75. The van der Waals surface area contributed by atoms with Crippen LogP contribution in [0.2, 0.25) is 0 Å². The van der Waals surface area contributed by atoms with Gasteiger partial charge < -0.3 is 14.2 Å². The fourth-order valence-corrected chi connectivity index (χ4v) is 3.76. The average molecular weight is 434 g/mol. The van der Waals surface area contributed by atoms with Gasteiger partial charge in [-0.2, -0.15) is 0 Å². The monoisotopic (exact) mass is 434 g/mol. The van der Waals surface area contributed by atoms with Gasteiger partial charge in [0.15, 0.2) is 0 Å². The summed E-state index contributed by atoms with van der Waals surface area (Å²) in [4.78, 5) is 12.3. The quantitative estimate of drug-likeness (QED) is 0.292. The van der Waals surface area contributed by atoms with Gasteiger partial charge in [0.05, 0.1) is 12.2 Å². The first-order valence-corrected chi connectivity index (χ1v) is 10.2. The maximum Gasteiger partial charge on any atom is 0.573 e. The second kappa shape index (κ2) is 10.5. The molecule has 3 rings (SSSR count). The van der Waals surface area contributed by atoms with Crippen LogP contribution in [0.5, 0.6) is 11.5 Å². The lowest BCUT2D eigenvalue weighted by atomic mass is 9.78. The summed E-state index contributed by atoms with van der Waals surface area (Å²) in [6.45, 7) is 0.642. The molecule has 2 aromatic carbocycles. The highest BCUT2D eigenvalue weighted by molar-refractivity contribution is 5.91. The largest absolute Gasteiger partial charge is 0.573 e. The van der Waals surface area contributed by atoms with Gasteiger partial charge in [-0.05, 0) is 79.5 Å². The lowest BCUT2D eigenvalue weighted by Crippen LogP contribution is -2.17. The van der Waals surface area contributed by atoms with Crippen LogP contribution in [0.4, 0.5) is 13.2 Å². The molecule has 0 amide bonds. The minimum absolute atomic E-state index is 0.142. The predicted molar refractivity (Wildman–Crippen MR) is 110 cm³/mol. The van der Waals surface area contributed by atoms with E-state index in [9.17, 15) is 18.0 Å². The van der Waals surface area contributed by atoms with Crippen molar-refractivity contribution in [2.24, 2.45) is 5.92 Å². The molecular formula is C24H25F3O4. The lowest BCUT2D eigenvalue weighted by molar-refractivity contribution is -0.274. The van der Waals surface area contributed by atoms with Crippen LogP contribution in [0.25, 0.3) is 0 Å². The molecule has 1 aliphatic carbocycles. The van der Waals surface area contributed by atoms with Crippen LogP contribution < -0.4 is 9.47 Å². The molecule has 0 N–H and O–H groups in total. The zero-order chi connectivity index (χ0) is 22.3. The molecule has 166 valence electrons. The zero-order valence-corrected chi connectivity index (χ0v) is 17.2. The van der Waals surface area contributed by atoms with E-state index in [1.54, 1.807) is 19.2 Å². The SMILES string of the molecule is COC/C=C/[C@H]1CC[C@H](c2ccc(C(=O)Oc3ccc(OC(F)(F)F)cc3)cc2)CC1. The molecule has 31 heavy (non-hydrogen) atoms. The third kappa shape index (κ3) is 7.14. The Labute approximate surface area is 179 Å². The highest BCUT2D eigenvalue weighted by Crippen LogP contribution is 2.36. The van der Waals surface area contributed by atoms with E-state index < -0.39 is 12.3 Å². The van der Waals surface area contributed by atoms with Gasteiger partial charge in [0.2, 0.25) is 0 Å². The summed E-state index contributed by atoms with van der Waals surface area (Å²) in [5.41, 5.74) is 1.58. The van der Waals surface area contributed by atoms with Crippen LogP contribution in [0, 0.1) is 5.92 Å². The zero-order valence-electron chi connectivity index (χ0n) is 17.2. The van der Waals surface area contributed by atoms with Crippen LogP contribution in [-0.2, 0) is 4.74 Å². The normalized spacial score (nSPS) is 19.4. The number of rotatable bonds is 7. The summed E-state index contributed by atoms with van der Waals surface area (Å²) in [5.74, 6) is 0.263. The van der Waals surface area contributed by atoms with E-state index in [0.717, 1.165) is 37.8 Å². The fraction of sp³-hybridized carbons (Fsp3) is 0.375. The van der Waals surface area contributed by atoms with Gasteiger partial charge in [0.25, 0.3) is 0 Å². The number of hydrogen-bond donors (Lipinski definition) is 0. The summed E-state index contributed by atoms with van der Waals surface area (Å²) >= 11 is 0. The van der Waals surface area contributed by atoms with Crippen molar-refractivity contribution in [3.05, 3.63) is 71.8 Å². The number of carbonyl (C=O) groups is 1. The van der Waals surface area contributed by atoms with E-state index in [4.69, 9.17) is 9.47 Å². The predicted octanol–water partition coefficient (Wildman–Crippen LogP) is 6.28. The minimum Gasteiger partial charge on any atom is -0.423 e. The van der Waals surface area contributed by atoms with Gasteiger partial charge in [-0.25, -0.2) is 4.79 Å². The maximum absolute atomic E-state index is 12.3. The van der Waals surface area contributed by atoms with Crippen LogP contribution in [0.1, 0.15) is 47.5 Å². The molecule has 0 bridgehead atoms. The van der Waals surface area contributed by atoms with E-state index in [1.165, 1.54) is 17.7 Å². The molecular weight excluding hydrogens is 409 g/mol. The summed E-state index contributed by atoms with van der Waals surface area (Å²) < 4.78 is 50.7. The molecule has 0 spiro atoms. The van der Waals surface area contributed by atoms with E-state index in [-0.39, 0.29) is 11.5 Å². The van der Waals surface area contributed by atoms with Crippen molar-refractivity contribution in [3.63, 3.8) is 0 Å². The Morgan fingerprint density at radius 1 is 0.968 bits per heavy atom. The molecule has 0 saturated heterocycles. The molecule has 2 aromatic rings. The number of allylic oxidation sites excluding steroid dienone is 1. The second-order valence-electron chi connectivity index (χ2n) is 7.53. The summed E-state index contributed by atoms with van der Waals surface area (Å²) in [7, 11) is 1.68. The molecule has 0 heterocycles. The minimum atomic E-state index is -4.76. The number of ether oxygens (including phenoxy) is 3. The summed E-state index contributed by atoms with van der Waals surface area (Å²) in [5, 5.41) is 0. The second-order valence-corrected chi connectivity index (χ2v) is 7.53. The topological polar surface area (TPSA) is 44.8 Å². The van der Waals surface area contributed by atoms with E-state index in [0.29, 0.717) is 24.0 Å². The van der Waals surface area contributed by atoms with E-state index >= 15 is 0 Å². The van der Waals surface area contributed by atoms with Gasteiger partial charge in [0.1, 0.15) is 11.5 Å². The number of methoxy groups -OCH3 is 1. The molecule has 7 heteroatoms. The Balaban J connectivity index is 1.52. The van der Waals surface area contributed by atoms with Crippen molar-refractivity contribution in [2.45, 2.75) is 38.0 Å². The molecule has 1 saturated carbocycles. The van der Waals surface area contributed by atoms with Crippen LogP contribution >= 0.6 is 0 Å². The Morgan fingerprint density at radius 2 is 1.58 bits per heavy atom. The van der Waals surface area contributed by atoms with E-state index in [2.05, 4.69) is 16.9 Å². The Bertz CT molecular complexity index is 865. The number of alkyl halides is 3. The van der Waals surface area contributed by atoms with Gasteiger partial charge >= 0.3 is 12.3 Å². The number of carbonyl (C=O) groups excluding carboxylic acids is 1. The third-order valence-corrected chi connectivity index (χ3v) is 5.33. The van der Waals surface area contributed by atoms with Crippen molar-refractivity contribution in [2.75, 3.05) is 13.7 Å². The lowest BCUT2D eigenvalue weighted by Gasteiger charge is -2.27. The van der Waals surface area contributed by atoms with Gasteiger partial charge in [-0.15, -0.1) is 13.2 Å². The van der Waals surface area contributed by atoms with Crippen LogP contribution in [0.3, 0.4) is 0 Å². The molecule has 0 radical (unpaired) electrons. The van der Waals surface area contributed by atoms with Gasteiger partial charge in [0, 0.05) is 7.11 Å². The smallest absolute Gasteiger partial charge is 0.423 e. The molecule has 1 aliphatic rings. The number of halogens is 3. The summed E-state index contributed by atoms with van der Waals surface area (Å²) in [6, 6.07) is 12.1. The van der Waals surface area contributed by atoms with E-state index in [1.807, 2.05) is 12.1 Å². The first-order valence-electron chi connectivity index (χ1n) is 10.2. The summed E-state index contributed by atoms with van der Waals surface area (Å²) in [6.07, 6.45) is 3.99. The first-order chi connectivity index (χ1) is 14.8. The van der Waals surface area contributed by atoms with Crippen molar-refractivity contribution in [3.8, 4) is 11.5 Å². The van der Waals surface area contributed by atoms with Crippen molar-refractivity contribution >= 4 is 5.97 Å². The highest BCUT2D eigenvalue weighted by Gasteiger charge is 2.31. The molecule has 4 nitrogen and oxygen atoms in total. The van der Waals surface area contributed by atoms with Crippen molar-refractivity contribution < 1.29 is 32.2 Å². The van der Waals surface area contributed by atoms with Crippen LogP contribution in [-0.4, -0.2) is 26.0 Å². The molecule has 1 fully saturated rings. The maximum atomic E-state index is 12.3. The van der Waals surface area contributed by atoms with Crippen molar-refractivity contribution in [1.29, 1.82) is 0 Å². The van der Waals surface area contributed by atoms with Gasteiger partial charge in [-0.1, -0.05) is 24.3 Å². The number of hydrogen-bond acceptors (Lipinski definition) is 4. The fourth-order valence-electron chi connectivity index (χ4n) is 3.76. The van der Waals surface area contributed by atoms with Crippen molar-refractivity contribution in [1.82, 2.24) is 0 Å². The molecule has 0 atom stereocenters. The molecule has 0 aliphatic heterocycles. The standard InChI is InChI=1S/C24H25F3O4/c1-29-16-2-3-17-4-6-18(7-5-17)19-8-10-20(11-9-19)23(28)30-21-12-14-22(15-13-21)31-24(25,26)27/h2-3,8-15,17-18H,4-7,16H2,1H3/b3-2+/t17-,18-. The number of esters is 1. The Kier molecular flexibility index (Phi) is 7.74. The Hall–Kier alpha value is -2.80. The first kappa shape index (κ1) is 22.9. The van der Waals surface area contributed by atoms with Crippen LogP contribution in [0.15, 0.2) is 60.7 Å². The van der Waals surface area contributed by atoms with Gasteiger partial charge in [-0.3, -0.25) is 0 Å². The molecule has 0 aromatic heterocycles. The highest BCUT2D eigenvalue weighted by atomic mass is 19.4. The Morgan fingerprint density at radius 3 is 2.16 bits per heavy atom.